The quantitative estimate of drug-likeness (QED) is 0.276. The van der Waals surface area contributed by atoms with Gasteiger partial charge in [-0.2, -0.15) is 0 Å². The van der Waals surface area contributed by atoms with Crippen molar-refractivity contribution in [3.8, 4) is 0 Å². The third-order valence-corrected chi connectivity index (χ3v) is 0.776. The summed E-state index contributed by atoms with van der Waals surface area (Å²) < 4.78 is 46.8. The number of alkyl halides is 4. The minimum absolute atomic E-state index is 0.763. The summed E-state index contributed by atoms with van der Waals surface area (Å²) in [6.07, 6.45) is -9.09. The van der Waals surface area contributed by atoms with Crippen LogP contribution in [0, 0.1) is 0 Å². The smallest absolute Gasteiger partial charge is 0.274 e. The lowest BCUT2D eigenvalue weighted by atomic mass is 10.4. The summed E-state index contributed by atoms with van der Waals surface area (Å²) in [5.74, 6) is -0.763. The van der Waals surface area contributed by atoms with Crippen molar-refractivity contribution < 1.29 is 17.6 Å². The topological polar surface area (TPSA) is 64.4 Å². The molecule has 4 N–H and O–H groups in total. The van der Waals surface area contributed by atoms with E-state index in [1.807, 2.05) is 0 Å². The summed E-state index contributed by atoms with van der Waals surface area (Å²) in [5.41, 5.74) is 9.21. The van der Waals surface area contributed by atoms with Gasteiger partial charge in [-0.15, -0.1) is 0 Å². The molecule has 0 radical (unpaired) electrons. The van der Waals surface area contributed by atoms with Crippen molar-refractivity contribution in [3.05, 3.63) is 0 Å². The van der Waals surface area contributed by atoms with Gasteiger partial charge in [0.15, 0.2) is 5.96 Å². The monoisotopic (exact) mass is 173 g/mol. The summed E-state index contributed by atoms with van der Waals surface area (Å²) in [6, 6.07) is 0. The average Bonchev–Trinajstić information content (AvgIpc) is 1.84. The van der Waals surface area contributed by atoms with Crippen molar-refractivity contribution >= 4 is 5.96 Å². The summed E-state index contributed by atoms with van der Waals surface area (Å²) in [5, 5.41) is 0. The van der Waals surface area contributed by atoms with Crippen LogP contribution < -0.4 is 11.5 Å². The molecule has 0 aliphatic carbocycles. The van der Waals surface area contributed by atoms with E-state index in [1.165, 1.54) is 0 Å². The Balaban J connectivity index is 4.03. The molecule has 0 saturated carbocycles. The molecule has 0 aromatic heterocycles. The standard InChI is InChI=1S/C4H7F4N3/c5-1(2(6)7)3(8)11-4(9)10/h1-3H,(H4,9,10,11). The number of rotatable bonds is 3. The van der Waals surface area contributed by atoms with Gasteiger partial charge in [0.05, 0.1) is 0 Å². The van der Waals surface area contributed by atoms with E-state index in [-0.39, 0.29) is 0 Å². The Morgan fingerprint density at radius 3 is 1.82 bits per heavy atom. The second kappa shape index (κ2) is 3.99. The maximum Gasteiger partial charge on any atom is 0.274 e. The van der Waals surface area contributed by atoms with Gasteiger partial charge in [0.2, 0.25) is 12.5 Å². The van der Waals surface area contributed by atoms with Crippen molar-refractivity contribution in [2.24, 2.45) is 16.5 Å². The van der Waals surface area contributed by atoms with Gasteiger partial charge >= 0.3 is 0 Å². The Kier molecular flexibility index (Phi) is 3.63. The Morgan fingerprint density at radius 1 is 1.09 bits per heavy atom. The number of hydrogen-bond donors (Lipinski definition) is 2. The largest absolute Gasteiger partial charge is 0.370 e. The molecule has 3 nitrogen and oxygen atoms in total. The van der Waals surface area contributed by atoms with Crippen molar-refractivity contribution in [3.63, 3.8) is 0 Å². The lowest BCUT2D eigenvalue weighted by Gasteiger charge is -2.07. The summed E-state index contributed by atoms with van der Waals surface area (Å²) in [7, 11) is 0. The van der Waals surface area contributed by atoms with Crippen LogP contribution in [0.3, 0.4) is 0 Å². The van der Waals surface area contributed by atoms with Crippen LogP contribution in [0.5, 0.6) is 0 Å². The van der Waals surface area contributed by atoms with Crippen LogP contribution >= 0.6 is 0 Å². The molecule has 0 aliphatic rings. The van der Waals surface area contributed by atoms with Gasteiger partial charge in [-0.3, -0.25) is 0 Å². The highest BCUT2D eigenvalue weighted by molar-refractivity contribution is 5.75. The zero-order valence-corrected chi connectivity index (χ0v) is 5.35. The molecule has 0 rings (SSSR count). The zero-order chi connectivity index (χ0) is 9.02. The molecule has 0 amide bonds. The molecule has 2 unspecified atom stereocenters. The predicted octanol–water partition coefficient (Wildman–Crippen LogP) is 0.159. The second-order valence-corrected chi connectivity index (χ2v) is 1.71. The normalized spacial score (nSPS) is 16.1. The number of nitrogens with two attached hydrogens (primary N) is 2. The number of halogens is 4. The van der Waals surface area contributed by atoms with Crippen LogP contribution in [0.1, 0.15) is 0 Å². The highest BCUT2D eigenvalue weighted by Crippen LogP contribution is 2.13. The van der Waals surface area contributed by atoms with Gasteiger partial charge in [0.25, 0.3) is 6.43 Å². The Hall–Kier alpha value is -1.01. The van der Waals surface area contributed by atoms with E-state index < -0.39 is 24.9 Å². The number of guanidine groups is 1. The van der Waals surface area contributed by atoms with E-state index in [0.29, 0.717) is 0 Å². The van der Waals surface area contributed by atoms with E-state index in [1.54, 1.807) is 0 Å². The van der Waals surface area contributed by atoms with Gasteiger partial charge in [-0.1, -0.05) is 0 Å². The molecular weight excluding hydrogens is 166 g/mol. The lowest BCUT2D eigenvalue weighted by Crippen LogP contribution is -2.30. The number of nitrogens with zero attached hydrogens (tertiary/aromatic N) is 1. The van der Waals surface area contributed by atoms with Crippen LogP contribution in [0.4, 0.5) is 17.6 Å². The summed E-state index contributed by atoms with van der Waals surface area (Å²) in [6.45, 7) is 0. The first-order valence-electron chi connectivity index (χ1n) is 2.60. The van der Waals surface area contributed by atoms with Crippen LogP contribution in [0.2, 0.25) is 0 Å². The first-order valence-corrected chi connectivity index (χ1v) is 2.60. The molecule has 0 aliphatic heterocycles. The first kappa shape index (κ1) is 9.99. The maximum atomic E-state index is 12.1. The molecule has 7 heteroatoms. The van der Waals surface area contributed by atoms with Gasteiger partial charge in [-0.05, 0) is 0 Å². The fraction of sp³-hybridized carbons (Fsp3) is 0.750. The molecule has 0 aromatic carbocycles. The van der Waals surface area contributed by atoms with Gasteiger partial charge in [0, 0.05) is 0 Å². The fourth-order valence-corrected chi connectivity index (χ4v) is 0.334. The highest BCUT2D eigenvalue weighted by atomic mass is 19.3. The van der Waals surface area contributed by atoms with Crippen LogP contribution in [-0.4, -0.2) is 24.9 Å². The van der Waals surface area contributed by atoms with Crippen molar-refractivity contribution in [1.29, 1.82) is 0 Å². The summed E-state index contributed by atoms with van der Waals surface area (Å²) >= 11 is 0. The molecule has 0 aromatic rings. The molecule has 66 valence electrons. The van der Waals surface area contributed by atoms with Crippen LogP contribution in [0.25, 0.3) is 0 Å². The van der Waals surface area contributed by atoms with Gasteiger partial charge in [0.1, 0.15) is 0 Å². The minimum Gasteiger partial charge on any atom is -0.370 e. The molecular formula is C4H7F4N3. The van der Waals surface area contributed by atoms with E-state index >= 15 is 0 Å². The molecule has 0 spiro atoms. The highest BCUT2D eigenvalue weighted by Gasteiger charge is 2.29. The Morgan fingerprint density at radius 2 is 1.55 bits per heavy atom. The van der Waals surface area contributed by atoms with Crippen molar-refractivity contribution in [2.45, 2.75) is 18.9 Å². The van der Waals surface area contributed by atoms with Crippen molar-refractivity contribution in [1.82, 2.24) is 0 Å². The number of aliphatic imine (C=N–C) groups is 1. The minimum atomic E-state index is -3.42. The Bertz CT molecular complexity index is 144. The van der Waals surface area contributed by atoms with Crippen LogP contribution in [0.15, 0.2) is 4.99 Å². The van der Waals surface area contributed by atoms with E-state index in [4.69, 9.17) is 0 Å². The summed E-state index contributed by atoms with van der Waals surface area (Å²) in [4.78, 5) is 2.55. The Labute approximate surface area is 60.1 Å². The molecule has 2 atom stereocenters. The maximum absolute atomic E-state index is 12.1. The third kappa shape index (κ3) is 3.64. The lowest BCUT2D eigenvalue weighted by molar-refractivity contribution is 0.00639. The van der Waals surface area contributed by atoms with Crippen molar-refractivity contribution in [2.75, 3.05) is 0 Å². The van der Waals surface area contributed by atoms with E-state index in [2.05, 4.69) is 16.5 Å². The second-order valence-electron chi connectivity index (χ2n) is 1.71. The zero-order valence-electron chi connectivity index (χ0n) is 5.35. The predicted molar refractivity (Wildman–Crippen MR) is 31.6 cm³/mol. The SMILES string of the molecule is NC(N)=NC(F)C(F)C(F)F. The first-order chi connectivity index (χ1) is 4.95. The van der Waals surface area contributed by atoms with E-state index in [0.717, 1.165) is 0 Å². The average molecular weight is 173 g/mol. The molecule has 0 heterocycles. The third-order valence-electron chi connectivity index (χ3n) is 0.776. The molecule has 11 heavy (non-hydrogen) atoms. The molecule has 0 saturated heterocycles. The van der Waals surface area contributed by atoms with Gasteiger partial charge < -0.3 is 11.5 Å². The van der Waals surface area contributed by atoms with Crippen LogP contribution in [-0.2, 0) is 0 Å². The molecule has 0 bridgehead atoms. The van der Waals surface area contributed by atoms with Gasteiger partial charge in [-0.25, -0.2) is 22.6 Å². The fourth-order valence-electron chi connectivity index (χ4n) is 0.334. The number of hydrogen-bond acceptors (Lipinski definition) is 1. The van der Waals surface area contributed by atoms with E-state index in [9.17, 15) is 17.6 Å². The molecule has 0 fully saturated rings.